The third kappa shape index (κ3) is 4.72. The number of thioether (sulfide) groups is 1. The Kier molecular flexibility index (Phi) is 6.39. The first kappa shape index (κ1) is 25.0. The molecule has 194 valence electrons. The quantitative estimate of drug-likeness (QED) is 0.398. The summed E-state index contributed by atoms with van der Waals surface area (Å²) < 4.78 is 28.9. The van der Waals surface area contributed by atoms with Gasteiger partial charge in [-0.25, -0.2) is 13.6 Å². The number of halogens is 1. The van der Waals surface area contributed by atoms with Crippen LogP contribution in [0.25, 0.3) is 0 Å². The second kappa shape index (κ2) is 9.46. The third-order valence-corrected chi connectivity index (χ3v) is 11.4. The topological polar surface area (TPSA) is 131 Å². The zero-order chi connectivity index (χ0) is 25.9. The van der Waals surface area contributed by atoms with Crippen molar-refractivity contribution < 1.29 is 17.9 Å². The van der Waals surface area contributed by atoms with Gasteiger partial charge in [0.1, 0.15) is 5.75 Å². The molecule has 2 aliphatic carbocycles. The van der Waals surface area contributed by atoms with E-state index in [1.165, 1.54) is 54.9 Å². The van der Waals surface area contributed by atoms with Gasteiger partial charge < -0.3 is 15.0 Å². The number of anilines is 1. The van der Waals surface area contributed by atoms with Gasteiger partial charge >= 0.3 is 4.87 Å². The van der Waals surface area contributed by atoms with Crippen molar-refractivity contribution in [1.82, 2.24) is 4.98 Å². The average molecular weight is 578 g/mol. The van der Waals surface area contributed by atoms with Gasteiger partial charge in [-0.05, 0) is 79.5 Å². The highest BCUT2D eigenvalue weighted by Gasteiger charge is 2.55. The van der Waals surface area contributed by atoms with E-state index in [-0.39, 0.29) is 22.3 Å². The lowest BCUT2D eigenvalue weighted by Gasteiger charge is -2.40. The maximum Gasteiger partial charge on any atom is 0.305 e. The van der Waals surface area contributed by atoms with E-state index in [0.29, 0.717) is 39.5 Å². The fourth-order valence-corrected chi connectivity index (χ4v) is 9.74. The summed E-state index contributed by atoms with van der Waals surface area (Å²) in [7, 11) is -3.81. The molecule has 5 atom stereocenters. The highest BCUT2D eigenvalue weighted by molar-refractivity contribution is 8.00. The number of hydrogen-bond acceptors (Lipinski definition) is 7. The highest BCUT2D eigenvalue weighted by Crippen LogP contribution is 2.64. The first-order valence-corrected chi connectivity index (χ1v) is 15.5. The number of carbonyl (C=O) groups is 1. The first-order chi connectivity index (χ1) is 17.7. The van der Waals surface area contributed by atoms with E-state index >= 15 is 0 Å². The van der Waals surface area contributed by atoms with E-state index in [4.69, 9.17) is 21.5 Å². The Morgan fingerprint density at radius 2 is 1.92 bits per heavy atom. The molecule has 2 heterocycles. The Labute approximate surface area is 227 Å². The zero-order valence-corrected chi connectivity index (χ0v) is 22.7. The fraction of sp³-hybridized carbons (Fsp3) is 0.360. The molecule has 2 bridgehead atoms. The molecule has 3 aliphatic rings. The van der Waals surface area contributed by atoms with Crippen molar-refractivity contribution in [2.75, 3.05) is 11.9 Å². The smallest absolute Gasteiger partial charge is 0.305 e. The predicted molar refractivity (Wildman–Crippen MR) is 144 cm³/mol. The summed E-state index contributed by atoms with van der Waals surface area (Å²) in [5.74, 6) is 1.77. The highest BCUT2D eigenvalue weighted by atomic mass is 35.5. The van der Waals surface area contributed by atoms with E-state index in [1.54, 1.807) is 12.1 Å². The fourth-order valence-electron chi connectivity index (χ4n) is 6.16. The number of thiazole rings is 1. The van der Waals surface area contributed by atoms with E-state index in [9.17, 15) is 18.0 Å². The number of aromatic amines is 1. The van der Waals surface area contributed by atoms with Crippen LogP contribution in [-0.2, 0) is 14.8 Å². The van der Waals surface area contributed by atoms with Crippen LogP contribution in [0.3, 0.4) is 0 Å². The van der Waals surface area contributed by atoms with Gasteiger partial charge in [0.15, 0.2) is 6.61 Å². The molecule has 2 fully saturated rings. The van der Waals surface area contributed by atoms with Gasteiger partial charge in [-0.2, -0.15) is 0 Å². The van der Waals surface area contributed by atoms with E-state index in [2.05, 4.69) is 10.3 Å². The lowest BCUT2D eigenvalue weighted by Crippen LogP contribution is -2.34. The van der Waals surface area contributed by atoms with Gasteiger partial charge in [0, 0.05) is 32.3 Å². The average Bonchev–Trinajstić information content (AvgIpc) is 3.56. The Morgan fingerprint density at radius 1 is 1.16 bits per heavy atom. The lowest BCUT2D eigenvalue weighted by atomic mass is 9.74. The molecule has 6 rings (SSSR count). The molecule has 4 unspecified atom stereocenters. The van der Waals surface area contributed by atoms with Gasteiger partial charge in [0.05, 0.1) is 9.92 Å². The lowest BCUT2D eigenvalue weighted by molar-refractivity contribution is -0.118. The summed E-state index contributed by atoms with van der Waals surface area (Å²) in [5.41, 5.74) is 1.32. The largest absolute Gasteiger partial charge is 0.483 e. The van der Waals surface area contributed by atoms with Crippen molar-refractivity contribution in [3.8, 4) is 5.75 Å². The number of primary sulfonamides is 1. The van der Waals surface area contributed by atoms with Gasteiger partial charge in [0.2, 0.25) is 10.0 Å². The molecule has 12 heteroatoms. The molecule has 37 heavy (non-hydrogen) atoms. The number of carbonyl (C=O) groups excluding carboxylic acids is 1. The molecule has 1 aromatic heterocycles. The molecule has 3 aromatic rings. The van der Waals surface area contributed by atoms with Gasteiger partial charge in [0.25, 0.3) is 5.91 Å². The number of rotatable bonds is 6. The minimum Gasteiger partial charge on any atom is -0.483 e. The molecule has 0 radical (unpaired) electrons. The van der Waals surface area contributed by atoms with Gasteiger partial charge in [-0.3, -0.25) is 9.59 Å². The number of aromatic nitrogens is 1. The summed E-state index contributed by atoms with van der Waals surface area (Å²) in [5, 5.41) is 9.79. The molecule has 4 N–H and O–H groups in total. The van der Waals surface area contributed by atoms with Crippen molar-refractivity contribution >= 4 is 56.3 Å². The van der Waals surface area contributed by atoms with Crippen LogP contribution in [0.2, 0.25) is 5.02 Å². The van der Waals surface area contributed by atoms with Crippen LogP contribution in [0.5, 0.6) is 5.75 Å². The summed E-state index contributed by atoms with van der Waals surface area (Å²) in [6.45, 7) is -0.247. The van der Waals surface area contributed by atoms with Gasteiger partial charge in [-0.1, -0.05) is 22.9 Å². The number of amides is 1. The van der Waals surface area contributed by atoms with E-state index < -0.39 is 15.9 Å². The monoisotopic (exact) mass is 577 g/mol. The van der Waals surface area contributed by atoms with Crippen molar-refractivity contribution in [2.45, 2.75) is 40.4 Å². The van der Waals surface area contributed by atoms with Crippen molar-refractivity contribution in [3.05, 3.63) is 67.6 Å². The molecule has 1 aliphatic heterocycles. The van der Waals surface area contributed by atoms with Crippen molar-refractivity contribution in [2.24, 2.45) is 22.9 Å². The Hall–Kier alpha value is -2.31. The number of fused-ring (bicyclic) bond motifs is 6. The van der Waals surface area contributed by atoms with Gasteiger partial charge in [-0.15, -0.1) is 11.8 Å². The number of sulfonamides is 1. The molecule has 1 amide bonds. The van der Waals surface area contributed by atoms with E-state index in [1.807, 2.05) is 17.8 Å². The van der Waals surface area contributed by atoms with Crippen LogP contribution in [0, 0.1) is 17.8 Å². The molecule has 2 aromatic carbocycles. The van der Waals surface area contributed by atoms with Crippen molar-refractivity contribution in [3.63, 3.8) is 0 Å². The molecular weight excluding hydrogens is 554 g/mol. The number of H-pyrrole nitrogens is 1. The minimum absolute atomic E-state index is 0.0250. The number of ether oxygens (including phenoxy) is 1. The van der Waals surface area contributed by atoms with Crippen LogP contribution in [0.1, 0.15) is 35.6 Å². The maximum atomic E-state index is 12.7. The van der Waals surface area contributed by atoms with E-state index in [0.717, 1.165) is 15.5 Å². The second-order valence-corrected chi connectivity index (χ2v) is 14.0. The number of hydrogen-bond donors (Lipinski definition) is 3. The third-order valence-electron chi connectivity index (χ3n) is 7.60. The van der Waals surface area contributed by atoms with Crippen LogP contribution < -0.4 is 20.1 Å². The van der Waals surface area contributed by atoms with Crippen LogP contribution >= 0.6 is 34.7 Å². The summed E-state index contributed by atoms with van der Waals surface area (Å²) in [6, 6.07) is 11.0. The second-order valence-electron chi connectivity index (χ2n) is 9.77. The zero-order valence-electron chi connectivity index (χ0n) is 19.5. The summed E-state index contributed by atoms with van der Waals surface area (Å²) in [6.07, 6.45) is 3.63. The van der Waals surface area contributed by atoms with Crippen LogP contribution in [-0.4, -0.2) is 31.2 Å². The molecular formula is C25H24ClN3O5S3. The Morgan fingerprint density at radius 3 is 2.68 bits per heavy atom. The summed E-state index contributed by atoms with van der Waals surface area (Å²) >= 11 is 9.51. The standard InChI is InChI=1S/C25H24ClN3O5S3/c26-14-3-8-18(34-11-19(30)28-15-4-6-16(7-5-15)37(27,32)33)17(10-14)21-20-12-1-2-13(9-12)22(20)35-24-23(21)36-25(31)29-24/h3-8,10,12-13,20-22H,1-2,9,11H2,(H,28,30)(H,29,31)(H2,27,32,33)/t12?,13?,20?,21-,22?/m1/s1. The first-order valence-electron chi connectivity index (χ1n) is 11.9. The minimum atomic E-state index is -3.81. The van der Waals surface area contributed by atoms with Crippen LogP contribution in [0.4, 0.5) is 5.69 Å². The predicted octanol–water partition coefficient (Wildman–Crippen LogP) is 4.41. The maximum absolute atomic E-state index is 12.7. The Bertz CT molecular complexity index is 1540. The van der Waals surface area contributed by atoms with Crippen molar-refractivity contribution in [1.29, 1.82) is 0 Å². The van der Waals surface area contributed by atoms with Crippen LogP contribution in [0.15, 0.2) is 57.2 Å². The molecule has 0 saturated heterocycles. The number of nitrogens with one attached hydrogen (secondary N) is 2. The Balaban J connectivity index is 1.26. The normalized spacial score (nSPS) is 25.9. The molecule has 2 saturated carbocycles. The molecule has 8 nitrogen and oxygen atoms in total. The SMILES string of the molecule is NS(=O)(=O)c1ccc(NC(=O)COc2ccc(Cl)cc2[C@H]2c3sc(=O)[nH]c3SC3C4CCC(C4)C32)cc1. The number of benzene rings is 2. The summed E-state index contributed by atoms with van der Waals surface area (Å²) in [4.78, 5) is 29.0. The number of nitrogens with two attached hydrogens (primary N) is 1. The molecule has 0 spiro atoms.